The molecule has 4 nitrogen and oxygen atoms in total. The quantitative estimate of drug-likeness (QED) is 0.557. The van der Waals surface area contributed by atoms with Crippen LogP contribution in [0.1, 0.15) is 15.9 Å². The number of rotatable bonds is 3. The summed E-state index contributed by atoms with van der Waals surface area (Å²) in [4.78, 5) is 24.8. The van der Waals surface area contributed by atoms with E-state index in [2.05, 4.69) is 21.2 Å². The molecule has 0 aliphatic carbocycles. The number of hydrogen-bond donors (Lipinski definition) is 1. The molecule has 0 spiro atoms. The average Bonchev–Trinajstić information content (AvgIpc) is 2.88. The van der Waals surface area contributed by atoms with Crippen LogP contribution in [0.2, 0.25) is 0 Å². The first-order valence-corrected chi connectivity index (χ1v) is 7.92. The van der Waals surface area contributed by atoms with Crippen LogP contribution >= 0.6 is 15.9 Å². The molecule has 1 amide bonds. The summed E-state index contributed by atoms with van der Waals surface area (Å²) in [6, 6.07) is 13.0. The van der Waals surface area contributed by atoms with Gasteiger partial charge in [0.25, 0.3) is 11.7 Å². The minimum Gasteiger partial charge on any atom is -0.350 e. The zero-order valence-electron chi connectivity index (χ0n) is 12.8. The number of benzene rings is 2. The summed E-state index contributed by atoms with van der Waals surface area (Å²) in [5.74, 6) is -1.18. The van der Waals surface area contributed by atoms with E-state index in [9.17, 15) is 9.59 Å². The molecule has 1 aromatic heterocycles. The number of aromatic nitrogens is 1. The molecule has 0 aliphatic heterocycles. The summed E-state index contributed by atoms with van der Waals surface area (Å²) in [6.45, 7) is 1.96. The van der Waals surface area contributed by atoms with E-state index in [4.69, 9.17) is 0 Å². The number of nitrogens with one attached hydrogen (secondary N) is 1. The van der Waals surface area contributed by atoms with E-state index in [-0.39, 0.29) is 0 Å². The zero-order chi connectivity index (χ0) is 16.6. The smallest absolute Gasteiger partial charge is 0.296 e. The van der Waals surface area contributed by atoms with Crippen LogP contribution in [0.4, 0.5) is 5.69 Å². The number of anilines is 1. The normalized spacial score (nSPS) is 10.7. The molecule has 23 heavy (non-hydrogen) atoms. The number of aryl methyl sites for hydroxylation is 2. The van der Waals surface area contributed by atoms with Gasteiger partial charge in [0.1, 0.15) is 0 Å². The molecule has 3 rings (SSSR count). The number of ketones is 1. The van der Waals surface area contributed by atoms with Gasteiger partial charge in [0.2, 0.25) is 0 Å². The largest absolute Gasteiger partial charge is 0.350 e. The summed E-state index contributed by atoms with van der Waals surface area (Å²) in [5, 5.41) is 3.43. The fraction of sp³-hybridized carbons (Fsp3) is 0.111. The maximum Gasteiger partial charge on any atom is 0.296 e. The molecule has 5 heteroatoms. The van der Waals surface area contributed by atoms with Crippen LogP contribution in [0.25, 0.3) is 10.9 Å². The molecule has 2 aromatic carbocycles. The fourth-order valence-electron chi connectivity index (χ4n) is 2.50. The van der Waals surface area contributed by atoms with Crippen molar-refractivity contribution in [2.24, 2.45) is 7.05 Å². The summed E-state index contributed by atoms with van der Waals surface area (Å²) in [6.07, 6.45) is 1.69. The van der Waals surface area contributed by atoms with E-state index in [0.29, 0.717) is 11.3 Å². The van der Waals surface area contributed by atoms with E-state index in [1.165, 1.54) is 0 Å². The number of fused-ring (bicyclic) bond motifs is 1. The van der Waals surface area contributed by atoms with Gasteiger partial charge < -0.3 is 9.88 Å². The Morgan fingerprint density at radius 2 is 1.87 bits per heavy atom. The molecule has 0 aliphatic rings. The van der Waals surface area contributed by atoms with Gasteiger partial charge in [0.05, 0.1) is 5.56 Å². The number of nitrogens with zero attached hydrogens (tertiary/aromatic N) is 1. The standard InChI is InChI=1S/C18H15BrN2O2/c1-11-7-8-12(9-15(11)19)20-18(23)17(22)14-10-21(2)16-6-4-3-5-13(14)16/h3-10H,1-2H3,(H,20,23). The molecule has 0 bridgehead atoms. The minimum absolute atomic E-state index is 0.409. The molecule has 0 atom stereocenters. The molecule has 0 unspecified atom stereocenters. The Bertz CT molecular complexity index is 928. The van der Waals surface area contributed by atoms with Gasteiger partial charge in [-0.05, 0) is 30.7 Å². The first-order chi connectivity index (χ1) is 11.0. The van der Waals surface area contributed by atoms with Crippen molar-refractivity contribution in [2.75, 3.05) is 5.32 Å². The van der Waals surface area contributed by atoms with Crippen molar-refractivity contribution in [3.05, 3.63) is 64.3 Å². The lowest BCUT2D eigenvalue weighted by Crippen LogP contribution is -2.22. The SMILES string of the molecule is Cc1ccc(NC(=O)C(=O)c2cn(C)c3ccccc23)cc1Br. The third-order valence-electron chi connectivity index (χ3n) is 3.78. The van der Waals surface area contributed by atoms with Crippen LogP contribution in [0.5, 0.6) is 0 Å². The first kappa shape index (κ1) is 15.5. The van der Waals surface area contributed by atoms with E-state index in [1.807, 2.05) is 48.9 Å². The number of carbonyl (C=O) groups is 2. The molecule has 0 saturated carbocycles. The maximum absolute atomic E-state index is 12.5. The van der Waals surface area contributed by atoms with Gasteiger partial charge in [-0.1, -0.05) is 40.2 Å². The maximum atomic E-state index is 12.5. The van der Waals surface area contributed by atoms with Gasteiger partial charge in [0, 0.05) is 34.3 Å². The summed E-state index contributed by atoms with van der Waals surface area (Å²) in [5.41, 5.74) is 2.97. The number of amides is 1. The molecular formula is C18H15BrN2O2. The monoisotopic (exact) mass is 370 g/mol. The Balaban J connectivity index is 1.89. The van der Waals surface area contributed by atoms with Gasteiger partial charge in [-0.25, -0.2) is 0 Å². The van der Waals surface area contributed by atoms with Crippen molar-refractivity contribution in [2.45, 2.75) is 6.92 Å². The van der Waals surface area contributed by atoms with Gasteiger partial charge in [-0.2, -0.15) is 0 Å². The van der Waals surface area contributed by atoms with Gasteiger partial charge in [-0.3, -0.25) is 9.59 Å². The molecule has 116 valence electrons. The van der Waals surface area contributed by atoms with E-state index >= 15 is 0 Å². The number of hydrogen-bond acceptors (Lipinski definition) is 2. The molecular weight excluding hydrogens is 356 g/mol. The highest BCUT2D eigenvalue weighted by Crippen LogP contribution is 2.23. The van der Waals surface area contributed by atoms with E-state index < -0.39 is 11.7 Å². The Morgan fingerprint density at radius 3 is 2.61 bits per heavy atom. The highest BCUT2D eigenvalue weighted by molar-refractivity contribution is 9.10. The predicted octanol–water partition coefficient (Wildman–Crippen LogP) is 4.07. The van der Waals surface area contributed by atoms with Crippen LogP contribution in [0.3, 0.4) is 0 Å². The van der Waals surface area contributed by atoms with Crippen LogP contribution in [0.15, 0.2) is 53.1 Å². The van der Waals surface area contributed by atoms with Crippen molar-refractivity contribution in [1.82, 2.24) is 4.57 Å². The Kier molecular flexibility index (Phi) is 4.05. The minimum atomic E-state index is -0.642. The van der Waals surface area contributed by atoms with Crippen molar-refractivity contribution in [3.8, 4) is 0 Å². The van der Waals surface area contributed by atoms with Crippen molar-refractivity contribution < 1.29 is 9.59 Å². The number of halogens is 1. The fourth-order valence-corrected chi connectivity index (χ4v) is 2.88. The van der Waals surface area contributed by atoms with Gasteiger partial charge in [-0.15, -0.1) is 0 Å². The highest BCUT2D eigenvalue weighted by atomic mass is 79.9. The number of Topliss-reactive ketones (excluding diaryl/α,β-unsaturated/α-hetero) is 1. The molecule has 1 N–H and O–H groups in total. The molecule has 0 radical (unpaired) electrons. The topological polar surface area (TPSA) is 51.1 Å². The van der Waals surface area contributed by atoms with Crippen molar-refractivity contribution in [3.63, 3.8) is 0 Å². The Labute approximate surface area is 142 Å². The lowest BCUT2D eigenvalue weighted by atomic mass is 10.1. The van der Waals surface area contributed by atoms with E-state index in [0.717, 1.165) is 20.9 Å². The molecule has 1 heterocycles. The predicted molar refractivity (Wildman–Crippen MR) is 94.8 cm³/mol. The molecule has 3 aromatic rings. The summed E-state index contributed by atoms with van der Waals surface area (Å²) < 4.78 is 2.73. The van der Waals surface area contributed by atoms with Gasteiger partial charge >= 0.3 is 0 Å². The molecule has 0 fully saturated rings. The summed E-state index contributed by atoms with van der Waals surface area (Å²) >= 11 is 3.41. The average molecular weight is 371 g/mol. The van der Waals surface area contributed by atoms with Crippen LogP contribution in [0, 0.1) is 6.92 Å². The van der Waals surface area contributed by atoms with Crippen LogP contribution in [-0.4, -0.2) is 16.3 Å². The van der Waals surface area contributed by atoms with Crippen molar-refractivity contribution in [1.29, 1.82) is 0 Å². The van der Waals surface area contributed by atoms with Crippen LogP contribution in [-0.2, 0) is 11.8 Å². The van der Waals surface area contributed by atoms with Crippen molar-refractivity contribution >= 4 is 44.2 Å². The molecule has 0 saturated heterocycles. The summed E-state index contributed by atoms with van der Waals surface area (Å²) in [7, 11) is 1.86. The number of carbonyl (C=O) groups excluding carboxylic acids is 2. The second kappa shape index (κ2) is 6.01. The van der Waals surface area contributed by atoms with Gasteiger partial charge in [0.15, 0.2) is 0 Å². The third kappa shape index (κ3) is 2.92. The third-order valence-corrected chi connectivity index (χ3v) is 4.63. The number of para-hydroxylation sites is 1. The van der Waals surface area contributed by atoms with Crippen LogP contribution < -0.4 is 5.32 Å². The highest BCUT2D eigenvalue weighted by Gasteiger charge is 2.21. The first-order valence-electron chi connectivity index (χ1n) is 7.13. The Hall–Kier alpha value is -2.40. The second-order valence-corrected chi connectivity index (χ2v) is 6.27. The zero-order valence-corrected chi connectivity index (χ0v) is 14.3. The van der Waals surface area contributed by atoms with E-state index in [1.54, 1.807) is 18.3 Å². The lowest BCUT2D eigenvalue weighted by molar-refractivity contribution is -0.112. The Morgan fingerprint density at radius 1 is 1.13 bits per heavy atom. The second-order valence-electron chi connectivity index (χ2n) is 5.42. The lowest BCUT2D eigenvalue weighted by Gasteiger charge is -2.06.